The first kappa shape index (κ1) is 19.1. The van der Waals surface area contributed by atoms with Gasteiger partial charge in [-0.1, -0.05) is 47.5 Å². The maximum atomic E-state index is 12.9. The molecule has 0 bridgehead atoms. The van der Waals surface area contributed by atoms with Crippen molar-refractivity contribution in [2.45, 2.75) is 37.5 Å². The number of carboxylic acid groups (broad SMARTS) is 1. The Labute approximate surface area is 172 Å². The molecule has 4 rings (SSSR count). The number of amides is 1. The van der Waals surface area contributed by atoms with Crippen LogP contribution in [0.15, 0.2) is 36.4 Å². The number of aliphatic carboxylic acids is 1. The minimum Gasteiger partial charge on any atom is -0.480 e. The Morgan fingerprint density at radius 1 is 1.11 bits per heavy atom. The molecule has 8 heteroatoms. The van der Waals surface area contributed by atoms with E-state index < -0.39 is 18.1 Å². The van der Waals surface area contributed by atoms with E-state index in [1.165, 1.54) is 5.56 Å². The van der Waals surface area contributed by atoms with Crippen LogP contribution in [0.5, 0.6) is 0 Å². The molecular weight excluding hydrogens is 401 g/mol. The number of benzene rings is 2. The van der Waals surface area contributed by atoms with E-state index in [0.717, 1.165) is 5.56 Å². The number of hydrogen-bond donors (Lipinski definition) is 4. The average molecular weight is 420 g/mol. The third kappa shape index (κ3) is 3.68. The Morgan fingerprint density at radius 2 is 1.86 bits per heavy atom. The van der Waals surface area contributed by atoms with E-state index >= 15 is 0 Å². The van der Waals surface area contributed by atoms with Gasteiger partial charge in [0.15, 0.2) is 0 Å². The molecule has 2 aliphatic heterocycles. The Kier molecular flexibility index (Phi) is 5.19. The highest BCUT2D eigenvalue weighted by Gasteiger charge is 2.35. The molecule has 0 fully saturated rings. The van der Waals surface area contributed by atoms with E-state index in [4.69, 9.17) is 23.2 Å². The summed E-state index contributed by atoms with van der Waals surface area (Å²) in [5, 5.41) is 19.4. The maximum absolute atomic E-state index is 12.9. The van der Waals surface area contributed by atoms with Crippen LogP contribution in [0.25, 0.3) is 0 Å². The van der Waals surface area contributed by atoms with Gasteiger partial charge in [0.1, 0.15) is 6.04 Å². The molecule has 0 aromatic heterocycles. The molecule has 28 heavy (non-hydrogen) atoms. The van der Waals surface area contributed by atoms with E-state index in [1.54, 1.807) is 12.1 Å². The number of anilines is 1. The van der Waals surface area contributed by atoms with Crippen molar-refractivity contribution in [2.75, 3.05) is 5.32 Å². The van der Waals surface area contributed by atoms with Gasteiger partial charge in [-0.2, -0.15) is 0 Å². The van der Waals surface area contributed by atoms with Crippen molar-refractivity contribution in [1.29, 1.82) is 0 Å². The van der Waals surface area contributed by atoms with Gasteiger partial charge < -0.3 is 21.1 Å². The molecule has 0 spiro atoms. The lowest BCUT2D eigenvalue weighted by Gasteiger charge is -2.34. The fourth-order valence-electron chi connectivity index (χ4n) is 3.86. The minimum atomic E-state index is -0.995. The lowest BCUT2D eigenvalue weighted by Crippen LogP contribution is -2.50. The molecule has 6 nitrogen and oxygen atoms in total. The second-order valence-electron chi connectivity index (χ2n) is 7.09. The molecule has 0 aliphatic carbocycles. The van der Waals surface area contributed by atoms with Gasteiger partial charge in [-0.25, -0.2) is 4.79 Å². The number of halogens is 2. The van der Waals surface area contributed by atoms with Crippen LogP contribution in [-0.2, 0) is 22.6 Å². The highest BCUT2D eigenvalue weighted by molar-refractivity contribution is 6.35. The molecule has 0 saturated carbocycles. The summed E-state index contributed by atoms with van der Waals surface area (Å²) in [5.74, 6) is -1.17. The predicted octanol–water partition coefficient (Wildman–Crippen LogP) is 3.13. The molecule has 0 radical (unpaired) electrons. The molecule has 2 aliphatic rings. The zero-order chi connectivity index (χ0) is 19.8. The number of nitrogens with one attached hydrogen (secondary N) is 3. The average Bonchev–Trinajstić information content (AvgIpc) is 2.66. The zero-order valence-electron chi connectivity index (χ0n) is 14.8. The third-order valence-electron chi connectivity index (χ3n) is 5.26. The number of fused-ring (bicyclic) bond motifs is 2. The second kappa shape index (κ2) is 7.62. The normalized spacial score (nSPS) is 23.1. The van der Waals surface area contributed by atoms with Gasteiger partial charge in [0.2, 0.25) is 5.91 Å². The summed E-state index contributed by atoms with van der Waals surface area (Å²) in [6, 6.07) is 9.49. The minimum absolute atomic E-state index is 0.178. The van der Waals surface area contributed by atoms with Gasteiger partial charge in [0.05, 0.1) is 12.1 Å². The van der Waals surface area contributed by atoms with Crippen LogP contribution < -0.4 is 16.0 Å². The fraction of sp³-hybridized carbons (Fsp3) is 0.300. The van der Waals surface area contributed by atoms with Crippen LogP contribution in [0.2, 0.25) is 10.0 Å². The summed E-state index contributed by atoms with van der Waals surface area (Å²) in [7, 11) is 0. The number of rotatable bonds is 3. The van der Waals surface area contributed by atoms with Crippen LogP contribution in [-0.4, -0.2) is 29.1 Å². The van der Waals surface area contributed by atoms with Gasteiger partial charge in [-0.05, 0) is 29.7 Å². The zero-order valence-corrected chi connectivity index (χ0v) is 16.3. The summed E-state index contributed by atoms with van der Waals surface area (Å²) in [4.78, 5) is 24.5. The Bertz CT molecular complexity index is 950. The van der Waals surface area contributed by atoms with Crippen LogP contribution >= 0.6 is 23.2 Å². The van der Waals surface area contributed by atoms with E-state index in [2.05, 4.69) is 16.0 Å². The standard InChI is InChI=1S/C20H19Cl2N3O3/c21-12-6-13(22)18-14(7-12)24-17(20(27)28)8-15(18)25-19(26)16-5-10-3-1-2-4-11(10)9-23-16/h1-4,6-7,15-17,23-24H,5,8-9H2,(H,25,26)(H,27,28)/t15-,16?,17+/m0/s1. The number of carbonyl (C=O) groups is 2. The summed E-state index contributed by atoms with van der Waals surface area (Å²) in [5.41, 5.74) is 3.51. The maximum Gasteiger partial charge on any atom is 0.326 e. The monoisotopic (exact) mass is 419 g/mol. The van der Waals surface area contributed by atoms with Crippen molar-refractivity contribution in [3.63, 3.8) is 0 Å². The number of carboxylic acids is 1. The summed E-state index contributed by atoms with van der Waals surface area (Å²) < 4.78 is 0. The Morgan fingerprint density at radius 3 is 2.61 bits per heavy atom. The molecule has 2 aromatic carbocycles. The van der Waals surface area contributed by atoms with Crippen molar-refractivity contribution >= 4 is 40.8 Å². The fourth-order valence-corrected chi connectivity index (χ4v) is 4.49. The van der Waals surface area contributed by atoms with Gasteiger partial charge in [-0.3, -0.25) is 4.79 Å². The van der Waals surface area contributed by atoms with E-state index in [0.29, 0.717) is 34.3 Å². The third-order valence-corrected chi connectivity index (χ3v) is 5.79. The molecule has 1 unspecified atom stereocenters. The highest BCUT2D eigenvalue weighted by atomic mass is 35.5. The smallest absolute Gasteiger partial charge is 0.326 e. The van der Waals surface area contributed by atoms with Gasteiger partial charge in [0.25, 0.3) is 0 Å². The second-order valence-corrected chi connectivity index (χ2v) is 7.93. The van der Waals surface area contributed by atoms with Crippen molar-refractivity contribution in [3.8, 4) is 0 Å². The van der Waals surface area contributed by atoms with Gasteiger partial charge >= 0.3 is 5.97 Å². The van der Waals surface area contributed by atoms with Crippen LogP contribution in [0.4, 0.5) is 5.69 Å². The Hall–Kier alpha value is -2.28. The topological polar surface area (TPSA) is 90.5 Å². The van der Waals surface area contributed by atoms with Crippen LogP contribution in [0.1, 0.15) is 29.2 Å². The number of hydrogen-bond acceptors (Lipinski definition) is 4. The first-order valence-electron chi connectivity index (χ1n) is 9.01. The summed E-state index contributed by atoms with van der Waals surface area (Å²) in [6.45, 7) is 0.616. The lowest BCUT2D eigenvalue weighted by atomic mass is 9.91. The molecule has 146 valence electrons. The van der Waals surface area contributed by atoms with Crippen LogP contribution in [0, 0.1) is 0 Å². The molecule has 0 saturated heterocycles. The summed E-state index contributed by atoms with van der Waals surface area (Å²) >= 11 is 12.4. The first-order valence-corrected chi connectivity index (χ1v) is 9.77. The van der Waals surface area contributed by atoms with Crippen molar-refractivity contribution < 1.29 is 14.7 Å². The van der Waals surface area contributed by atoms with Crippen molar-refractivity contribution in [2.24, 2.45) is 0 Å². The quantitative estimate of drug-likeness (QED) is 0.613. The Balaban J connectivity index is 1.57. The van der Waals surface area contributed by atoms with E-state index in [9.17, 15) is 14.7 Å². The molecular formula is C20H19Cl2N3O3. The van der Waals surface area contributed by atoms with E-state index in [-0.39, 0.29) is 18.4 Å². The van der Waals surface area contributed by atoms with Gasteiger partial charge in [0, 0.05) is 34.3 Å². The summed E-state index contributed by atoms with van der Waals surface area (Å²) in [6.07, 6.45) is 0.773. The molecule has 2 aromatic rings. The molecule has 3 atom stereocenters. The van der Waals surface area contributed by atoms with Crippen LogP contribution in [0.3, 0.4) is 0 Å². The molecule has 1 amide bonds. The predicted molar refractivity (Wildman–Crippen MR) is 108 cm³/mol. The van der Waals surface area contributed by atoms with Crippen molar-refractivity contribution in [1.82, 2.24) is 10.6 Å². The molecule has 4 N–H and O–H groups in total. The SMILES string of the molecule is O=C(N[C@H]1C[C@H](C(=O)O)Nc2cc(Cl)cc(Cl)c21)C1Cc2ccccc2CN1. The van der Waals surface area contributed by atoms with Gasteiger partial charge in [-0.15, -0.1) is 0 Å². The van der Waals surface area contributed by atoms with Crippen molar-refractivity contribution in [3.05, 3.63) is 63.1 Å². The first-order chi connectivity index (χ1) is 13.4. The number of carbonyl (C=O) groups excluding carboxylic acids is 1. The highest BCUT2D eigenvalue weighted by Crippen LogP contribution is 2.40. The lowest BCUT2D eigenvalue weighted by molar-refractivity contribution is -0.138. The molecule has 2 heterocycles. The van der Waals surface area contributed by atoms with E-state index in [1.807, 2.05) is 24.3 Å². The largest absolute Gasteiger partial charge is 0.480 e.